The number of hydrogen-bond donors (Lipinski definition) is 2. The second-order valence-corrected chi connectivity index (χ2v) is 9.10. The van der Waals surface area contributed by atoms with Gasteiger partial charge in [0.25, 0.3) is 0 Å². The molecule has 0 aromatic carbocycles. The molecule has 32 heavy (non-hydrogen) atoms. The van der Waals surface area contributed by atoms with Gasteiger partial charge in [-0.15, -0.1) is 0 Å². The summed E-state index contributed by atoms with van der Waals surface area (Å²) in [4.78, 5) is 8.75. The highest BCUT2D eigenvalue weighted by Crippen LogP contribution is 2.27. The van der Waals surface area contributed by atoms with Crippen LogP contribution in [0.25, 0.3) is 16.8 Å². The topological polar surface area (TPSA) is 67.1 Å². The van der Waals surface area contributed by atoms with E-state index in [0.29, 0.717) is 11.6 Å². The largest absolute Gasteiger partial charge is 0.382 e. The van der Waals surface area contributed by atoms with Crippen molar-refractivity contribution in [3.05, 3.63) is 66.3 Å². The maximum atomic E-state index is 13.9. The van der Waals surface area contributed by atoms with Gasteiger partial charge in [0.15, 0.2) is 0 Å². The maximum absolute atomic E-state index is 13.9. The van der Waals surface area contributed by atoms with E-state index in [0.717, 1.165) is 33.5 Å². The first kappa shape index (κ1) is 23.4. The number of nitrogens with one attached hydrogen (secondary N) is 2. The molecule has 0 fully saturated rings. The maximum Gasteiger partial charge on any atom is 0.222 e. The monoisotopic (exact) mass is 440 g/mol. The Bertz CT molecular complexity index is 1150. The Morgan fingerprint density at radius 1 is 1.06 bits per heavy atom. The molecule has 8 heteroatoms. The molecule has 3 aromatic rings. The fraction of sp³-hybridized carbons (Fsp3) is 0.375. The molecule has 3 heterocycles. The summed E-state index contributed by atoms with van der Waals surface area (Å²) in [6, 6.07) is 3.86. The molecule has 6 nitrogen and oxygen atoms in total. The minimum absolute atomic E-state index is 0.116. The fourth-order valence-corrected chi connectivity index (χ4v) is 3.11. The van der Waals surface area contributed by atoms with Crippen LogP contribution in [0.3, 0.4) is 0 Å². The number of anilines is 1. The lowest BCUT2D eigenvalue weighted by Gasteiger charge is -2.17. The van der Waals surface area contributed by atoms with Gasteiger partial charge in [-0.3, -0.25) is 0 Å². The smallest absolute Gasteiger partial charge is 0.222 e. The Labute approximate surface area is 187 Å². The van der Waals surface area contributed by atoms with Gasteiger partial charge in [-0.1, -0.05) is 13.2 Å². The van der Waals surface area contributed by atoms with Crippen LogP contribution < -0.4 is 10.6 Å². The van der Waals surface area contributed by atoms with E-state index in [1.54, 1.807) is 16.9 Å². The molecule has 0 aliphatic carbocycles. The van der Waals surface area contributed by atoms with Crippen molar-refractivity contribution in [3.8, 4) is 0 Å². The average molecular weight is 441 g/mol. The summed E-state index contributed by atoms with van der Waals surface area (Å²) in [5.41, 5.74) is 2.61. The number of aryl methyl sites for hydroxylation is 1. The van der Waals surface area contributed by atoms with E-state index in [2.05, 4.69) is 38.9 Å². The van der Waals surface area contributed by atoms with Crippen molar-refractivity contribution in [1.29, 1.82) is 0 Å². The number of rotatable bonds is 9. The van der Waals surface area contributed by atoms with Crippen LogP contribution >= 0.6 is 0 Å². The molecule has 0 saturated carbocycles. The first-order valence-electron chi connectivity index (χ1n) is 10.4. The van der Waals surface area contributed by atoms with E-state index in [9.17, 15) is 8.78 Å². The third-order valence-electron chi connectivity index (χ3n) is 4.89. The van der Waals surface area contributed by atoms with Gasteiger partial charge in [-0.2, -0.15) is 5.10 Å². The predicted octanol–water partition coefficient (Wildman–Crippen LogP) is 4.96. The van der Waals surface area contributed by atoms with Crippen molar-refractivity contribution in [2.24, 2.45) is 0 Å². The standard InChI is InChI=1S/C24H30F2N6/c1-15(19-11-27-22(31-17(19)3)29-14-24(6,7)26)18-8-9-32-21(10-18)20(12-30-32)16(2)28-13-23(4,5)25/h8-12,28H,1-2,13-14H2,3-7H3,(H,27,29,31). The van der Waals surface area contributed by atoms with Gasteiger partial charge in [0, 0.05) is 35.8 Å². The quantitative estimate of drug-likeness (QED) is 0.492. The van der Waals surface area contributed by atoms with E-state index in [1.165, 1.54) is 27.7 Å². The highest BCUT2D eigenvalue weighted by Gasteiger charge is 2.18. The van der Waals surface area contributed by atoms with Crippen LogP contribution in [0.4, 0.5) is 14.7 Å². The lowest BCUT2D eigenvalue weighted by molar-refractivity contribution is 0.219. The predicted molar refractivity (Wildman–Crippen MR) is 126 cm³/mol. The SMILES string of the molecule is C=C(c1ccn2ncc(C(=C)NCC(C)(C)F)c2c1)c1cnc(NCC(C)(C)F)nc1C. The Morgan fingerprint density at radius 3 is 2.38 bits per heavy atom. The van der Waals surface area contributed by atoms with Crippen molar-refractivity contribution in [3.63, 3.8) is 0 Å². The molecule has 0 bridgehead atoms. The van der Waals surface area contributed by atoms with Gasteiger partial charge in [-0.05, 0) is 57.9 Å². The molecule has 0 unspecified atom stereocenters. The minimum atomic E-state index is -1.36. The second-order valence-electron chi connectivity index (χ2n) is 9.10. The van der Waals surface area contributed by atoms with Crippen LogP contribution in [0.1, 0.15) is 50.1 Å². The van der Waals surface area contributed by atoms with Crippen molar-refractivity contribution in [2.45, 2.75) is 46.0 Å². The Hall–Kier alpha value is -3.29. The van der Waals surface area contributed by atoms with Crippen LogP contribution in [0, 0.1) is 6.92 Å². The average Bonchev–Trinajstić information content (AvgIpc) is 3.12. The third kappa shape index (κ3) is 5.69. The van der Waals surface area contributed by atoms with Gasteiger partial charge in [0.05, 0.1) is 24.0 Å². The molecule has 2 N–H and O–H groups in total. The van der Waals surface area contributed by atoms with Gasteiger partial charge >= 0.3 is 0 Å². The molecular weight excluding hydrogens is 410 g/mol. The van der Waals surface area contributed by atoms with Crippen molar-refractivity contribution in [2.75, 3.05) is 18.4 Å². The highest BCUT2D eigenvalue weighted by molar-refractivity contribution is 5.83. The van der Waals surface area contributed by atoms with Crippen molar-refractivity contribution in [1.82, 2.24) is 24.9 Å². The number of hydrogen-bond acceptors (Lipinski definition) is 5. The van der Waals surface area contributed by atoms with Gasteiger partial charge in [0.2, 0.25) is 5.95 Å². The van der Waals surface area contributed by atoms with Crippen LogP contribution in [0.15, 0.2) is 43.9 Å². The highest BCUT2D eigenvalue weighted by atomic mass is 19.1. The molecule has 3 aromatic heterocycles. The number of pyridine rings is 1. The van der Waals surface area contributed by atoms with Gasteiger partial charge in [-0.25, -0.2) is 23.3 Å². The van der Waals surface area contributed by atoms with Crippen molar-refractivity contribution >= 4 is 22.7 Å². The number of alkyl halides is 2. The van der Waals surface area contributed by atoms with Crippen LogP contribution in [0.5, 0.6) is 0 Å². The number of halogens is 2. The molecule has 0 saturated heterocycles. The van der Waals surface area contributed by atoms with Crippen LogP contribution in [-0.4, -0.2) is 44.0 Å². The summed E-state index contributed by atoms with van der Waals surface area (Å²) < 4.78 is 29.3. The summed E-state index contributed by atoms with van der Waals surface area (Å²) in [5.74, 6) is 0.372. The molecule has 3 rings (SSSR count). The second kappa shape index (κ2) is 8.68. The van der Waals surface area contributed by atoms with Crippen LogP contribution in [-0.2, 0) is 0 Å². The lowest BCUT2D eigenvalue weighted by atomic mass is 10.00. The molecule has 0 spiro atoms. The number of aromatic nitrogens is 4. The van der Waals surface area contributed by atoms with E-state index in [4.69, 9.17) is 0 Å². The molecular formula is C24H30F2N6. The molecule has 170 valence electrons. The Balaban J connectivity index is 1.85. The van der Waals surface area contributed by atoms with E-state index < -0.39 is 11.3 Å². The first-order chi connectivity index (χ1) is 14.8. The van der Waals surface area contributed by atoms with Crippen LogP contribution in [0.2, 0.25) is 0 Å². The molecule has 0 radical (unpaired) electrons. The molecule has 0 amide bonds. The van der Waals surface area contributed by atoms with E-state index >= 15 is 0 Å². The summed E-state index contributed by atoms with van der Waals surface area (Å²) in [6.07, 6.45) is 5.22. The fourth-order valence-electron chi connectivity index (χ4n) is 3.11. The van der Waals surface area contributed by atoms with Gasteiger partial charge in [0.1, 0.15) is 11.3 Å². The number of nitrogens with zero attached hydrogens (tertiary/aromatic N) is 4. The minimum Gasteiger partial charge on any atom is -0.382 e. The van der Waals surface area contributed by atoms with E-state index in [-0.39, 0.29) is 13.1 Å². The molecule has 0 aliphatic rings. The van der Waals surface area contributed by atoms with Crippen molar-refractivity contribution < 1.29 is 8.78 Å². The molecule has 0 aliphatic heterocycles. The zero-order valence-electron chi connectivity index (χ0n) is 19.3. The summed E-state index contributed by atoms with van der Waals surface area (Å²) in [5, 5.41) is 10.3. The Kier molecular flexibility index (Phi) is 6.34. The first-order valence-corrected chi connectivity index (χ1v) is 10.4. The summed E-state index contributed by atoms with van der Waals surface area (Å²) in [6.45, 7) is 16.4. The zero-order chi connectivity index (χ0) is 23.7. The third-order valence-corrected chi connectivity index (χ3v) is 4.89. The molecule has 0 atom stereocenters. The Morgan fingerprint density at radius 2 is 1.75 bits per heavy atom. The normalized spacial score (nSPS) is 12.1. The summed E-state index contributed by atoms with van der Waals surface area (Å²) >= 11 is 0. The number of fused-ring (bicyclic) bond motifs is 1. The summed E-state index contributed by atoms with van der Waals surface area (Å²) in [7, 11) is 0. The lowest BCUT2D eigenvalue weighted by Crippen LogP contribution is -2.29. The van der Waals surface area contributed by atoms with E-state index in [1.807, 2.05) is 25.3 Å². The zero-order valence-corrected chi connectivity index (χ0v) is 19.3. The van der Waals surface area contributed by atoms with Gasteiger partial charge < -0.3 is 10.6 Å².